The summed E-state index contributed by atoms with van der Waals surface area (Å²) < 4.78 is 13.7. The number of carbonyl (C=O) groups is 1. The number of nitrogens with zero attached hydrogens (tertiary/aromatic N) is 1. The van der Waals surface area contributed by atoms with Crippen molar-refractivity contribution in [2.24, 2.45) is 0 Å². The van der Waals surface area contributed by atoms with Gasteiger partial charge in [0.15, 0.2) is 11.6 Å². The highest BCUT2D eigenvalue weighted by Crippen LogP contribution is 2.21. The van der Waals surface area contributed by atoms with Crippen LogP contribution in [-0.4, -0.2) is 10.9 Å². The zero-order chi connectivity index (χ0) is 14.0. The summed E-state index contributed by atoms with van der Waals surface area (Å²) in [5.74, 6) is -1.62. The summed E-state index contributed by atoms with van der Waals surface area (Å²) in [6.07, 6.45) is 1.30. The van der Waals surface area contributed by atoms with E-state index < -0.39 is 11.7 Å². The fourth-order valence-corrected chi connectivity index (χ4v) is 1.83. The first-order valence-corrected chi connectivity index (χ1v) is 5.78. The highest BCUT2D eigenvalue weighted by Gasteiger charge is 2.16. The van der Waals surface area contributed by atoms with Crippen LogP contribution in [0.15, 0.2) is 30.5 Å². The molecule has 2 rings (SSSR count). The van der Waals surface area contributed by atoms with Gasteiger partial charge in [0, 0.05) is 11.9 Å². The Morgan fingerprint density at radius 3 is 2.53 bits per heavy atom. The van der Waals surface area contributed by atoms with Crippen LogP contribution in [0.3, 0.4) is 0 Å². The van der Waals surface area contributed by atoms with Crippen molar-refractivity contribution in [2.75, 3.05) is 11.1 Å². The van der Waals surface area contributed by atoms with Gasteiger partial charge in [-0.2, -0.15) is 0 Å². The van der Waals surface area contributed by atoms with Crippen LogP contribution in [0.4, 0.5) is 15.9 Å². The first kappa shape index (κ1) is 13.0. The van der Waals surface area contributed by atoms with Crippen molar-refractivity contribution >= 4 is 17.4 Å². The molecule has 0 aliphatic heterocycles. The number of aryl methyl sites for hydroxylation is 2. The van der Waals surface area contributed by atoms with E-state index in [9.17, 15) is 9.18 Å². The number of para-hydroxylation sites is 1. The number of rotatable bonds is 2. The van der Waals surface area contributed by atoms with Gasteiger partial charge in [-0.15, -0.1) is 0 Å². The Hall–Kier alpha value is -2.43. The van der Waals surface area contributed by atoms with Gasteiger partial charge in [0.25, 0.3) is 5.91 Å². The van der Waals surface area contributed by atoms with Crippen molar-refractivity contribution in [3.8, 4) is 0 Å². The molecule has 0 aliphatic rings. The number of amides is 1. The van der Waals surface area contributed by atoms with E-state index in [1.165, 1.54) is 12.3 Å². The lowest BCUT2D eigenvalue weighted by Gasteiger charge is -2.12. The molecule has 3 N–H and O–H groups in total. The summed E-state index contributed by atoms with van der Waals surface area (Å²) >= 11 is 0. The molecule has 1 amide bonds. The quantitative estimate of drug-likeness (QED) is 0.871. The largest absolute Gasteiger partial charge is 0.381 e. The Balaban J connectivity index is 2.34. The minimum Gasteiger partial charge on any atom is -0.381 e. The smallest absolute Gasteiger partial charge is 0.258 e. The Morgan fingerprint density at radius 1 is 1.26 bits per heavy atom. The fraction of sp³-hybridized carbons (Fsp3) is 0.143. The lowest BCUT2D eigenvalue weighted by molar-refractivity contribution is 0.102. The van der Waals surface area contributed by atoms with Crippen molar-refractivity contribution in [1.29, 1.82) is 0 Å². The number of benzene rings is 1. The molecule has 98 valence electrons. The number of carbonyl (C=O) groups excluding carboxylic acids is 1. The summed E-state index contributed by atoms with van der Waals surface area (Å²) in [6.45, 7) is 3.75. The molecule has 5 heteroatoms. The number of hydrogen-bond acceptors (Lipinski definition) is 3. The maximum Gasteiger partial charge on any atom is 0.258 e. The number of nitrogens with two attached hydrogens (primary N) is 1. The van der Waals surface area contributed by atoms with E-state index in [4.69, 9.17) is 5.73 Å². The monoisotopic (exact) mass is 259 g/mol. The lowest BCUT2D eigenvalue weighted by Crippen LogP contribution is -2.16. The summed E-state index contributed by atoms with van der Waals surface area (Å²) in [6, 6.07) is 6.94. The molecule has 0 unspecified atom stereocenters. The van der Waals surface area contributed by atoms with Gasteiger partial charge in [-0.25, -0.2) is 9.37 Å². The van der Waals surface area contributed by atoms with Crippen LogP contribution in [0.1, 0.15) is 21.5 Å². The third-order valence-corrected chi connectivity index (χ3v) is 2.88. The number of aromatic nitrogens is 1. The molecule has 4 nitrogen and oxygen atoms in total. The average molecular weight is 259 g/mol. The number of anilines is 2. The number of hydrogen-bond donors (Lipinski definition) is 2. The SMILES string of the molecule is Cc1cccc(C)c1NC(=O)c1ccnc(N)c1F. The molecule has 0 aliphatic carbocycles. The predicted octanol–water partition coefficient (Wildman–Crippen LogP) is 2.67. The van der Waals surface area contributed by atoms with Gasteiger partial charge < -0.3 is 11.1 Å². The summed E-state index contributed by atoms with van der Waals surface area (Å²) in [5, 5.41) is 2.70. The topological polar surface area (TPSA) is 68.0 Å². The Bertz CT molecular complexity index is 620. The second-order valence-electron chi connectivity index (χ2n) is 4.28. The molecule has 0 bridgehead atoms. The second kappa shape index (κ2) is 5.06. The van der Waals surface area contributed by atoms with E-state index in [2.05, 4.69) is 10.3 Å². The lowest BCUT2D eigenvalue weighted by atomic mass is 10.1. The van der Waals surface area contributed by atoms with Crippen molar-refractivity contribution < 1.29 is 9.18 Å². The molecule has 1 aromatic heterocycles. The first-order valence-electron chi connectivity index (χ1n) is 5.78. The van der Waals surface area contributed by atoms with Crippen LogP contribution in [0, 0.1) is 19.7 Å². The fourth-order valence-electron chi connectivity index (χ4n) is 1.83. The van der Waals surface area contributed by atoms with Crippen molar-refractivity contribution in [3.63, 3.8) is 0 Å². The van der Waals surface area contributed by atoms with Gasteiger partial charge in [0.05, 0.1) is 5.56 Å². The maximum atomic E-state index is 13.7. The van der Waals surface area contributed by atoms with Crippen LogP contribution < -0.4 is 11.1 Å². The molecule has 0 radical (unpaired) electrons. The molecular formula is C14H14FN3O. The van der Waals surface area contributed by atoms with Crippen LogP contribution in [0.5, 0.6) is 0 Å². The van der Waals surface area contributed by atoms with Gasteiger partial charge in [0.2, 0.25) is 0 Å². The predicted molar refractivity (Wildman–Crippen MR) is 72.5 cm³/mol. The minimum absolute atomic E-state index is 0.116. The Morgan fingerprint density at radius 2 is 1.89 bits per heavy atom. The van der Waals surface area contributed by atoms with E-state index in [1.807, 2.05) is 32.0 Å². The normalized spacial score (nSPS) is 10.3. The molecular weight excluding hydrogens is 245 g/mol. The van der Waals surface area contributed by atoms with Crippen LogP contribution in [0.25, 0.3) is 0 Å². The zero-order valence-corrected chi connectivity index (χ0v) is 10.7. The number of nitrogen functional groups attached to an aromatic ring is 1. The first-order chi connectivity index (χ1) is 9.00. The van der Waals surface area contributed by atoms with Crippen molar-refractivity contribution in [2.45, 2.75) is 13.8 Å². The molecule has 0 saturated carbocycles. The van der Waals surface area contributed by atoms with Gasteiger partial charge in [-0.05, 0) is 31.0 Å². The van der Waals surface area contributed by atoms with E-state index in [-0.39, 0.29) is 11.4 Å². The molecule has 0 saturated heterocycles. The van der Waals surface area contributed by atoms with Gasteiger partial charge in [-0.1, -0.05) is 18.2 Å². The van der Waals surface area contributed by atoms with Gasteiger partial charge >= 0.3 is 0 Å². The third kappa shape index (κ3) is 2.54. The van der Waals surface area contributed by atoms with E-state index in [1.54, 1.807) is 0 Å². The minimum atomic E-state index is -0.800. The number of nitrogens with one attached hydrogen (secondary N) is 1. The zero-order valence-electron chi connectivity index (χ0n) is 10.7. The highest BCUT2D eigenvalue weighted by atomic mass is 19.1. The van der Waals surface area contributed by atoms with E-state index in [0.29, 0.717) is 5.69 Å². The average Bonchev–Trinajstić information content (AvgIpc) is 2.37. The summed E-state index contributed by atoms with van der Waals surface area (Å²) in [4.78, 5) is 15.6. The van der Waals surface area contributed by atoms with E-state index >= 15 is 0 Å². The van der Waals surface area contributed by atoms with Crippen molar-refractivity contribution in [3.05, 3.63) is 53.0 Å². The van der Waals surface area contributed by atoms with Crippen molar-refractivity contribution in [1.82, 2.24) is 4.98 Å². The molecule has 2 aromatic rings. The third-order valence-electron chi connectivity index (χ3n) is 2.88. The van der Waals surface area contributed by atoms with Gasteiger partial charge in [-0.3, -0.25) is 4.79 Å². The van der Waals surface area contributed by atoms with Crippen LogP contribution in [0.2, 0.25) is 0 Å². The summed E-state index contributed by atoms with van der Waals surface area (Å²) in [5.41, 5.74) is 7.74. The van der Waals surface area contributed by atoms with Crippen LogP contribution >= 0.6 is 0 Å². The number of pyridine rings is 1. The standard InChI is InChI=1S/C14H14FN3O/c1-8-4-3-5-9(2)12(8)18-14(19)10-6-7-17-13(16)11(10)15/h3-7H,1-2H3,(H2,16,17)(H,18,19). The molecule has 19 heavy (non-hydrogen) atoms. The van der Waals surface area contributed by atoms with Crippen LogP contribution in [-0.2, 0) is 0 Å². The molecule has 1 heterocycles. The second-order valence-corrected chi connectivity index (χ2v) is 4.28. The molecule has 0 spiro atoms. The summed E-state index contributed by atoms with van der Waals surface area (Å²) in [7, 11) is 0. The molecule has 0 fully saturated rings. The highest BCUT2D eigenvalue weighted by molar-refractivity contribution is 6.05. The van der Waals surface area contributed by atoms with E-state index in [0.717, 1.165) is 11.1 Å². The molecule has 1 aromatic carbocycles. The Kier molecular flexibility index (Phi) is 3.46. The molecule has 0 atom stereocenters. The maximum absolute atomic E-state index is 13.7. The number of halogens is 1. The Labute approximate surface area is 110 Å². The van der Waals surface area contributed by atoms with Gasteiger partial charge in [0.1, 0.15) is 0 Å².